The largest absolute Gasteiger partial charge is 0.507 e. The first-order valence-corrected chi connectivity index (χ1v) is 8.96. The van der Waals surface area contributed by atoms with Crippen LogP contribution in [0, 0.1) is 0 Å². The zero-order valence-corrected chi connectivity index (χ0v) is 15.6. The second-order valence-electron chi connectivity index (χ2n) is 6.51. The maximum absolute atomic E-state index is 11.4. The average Bonchev–Trinajstić information content (AvgIpc) is 2.74. The molecule has 8 heteroatoms. The number of primary amides is 1. The third kappa shape index (κ3) is 3.49. The summed E-state index contributed by atoms with van der Waals surface area (Å²) in [5.74, 6) is 0.0121. The lowest BCUT2D eigenvalue weighted by Gasteiger charge is -2.11. The van der Waals surface area contributed by atoms with Gasteiger partial charge >= 0.3 is 0 Å². The molecule has 0 spiro atoms. The molecule has 6 N–H and O–H groups in total. The van der Waals surface area contributed by atoms with E-state index in [9.17, 15) is 15.0 Å². The van der Waals surface area contributed by atoms with E-state index in [4.69, 9.17) is 11.5 Å². The number of phenolic OH excluding ortho intramolecular Hbond substituents is 2. The summed E-state index contributed by atoms with van der Waals surface area (Å²) in [5, 5.41) is 20.5. The molecule has 4 aromatic rings. The van der Waals surface area contributed by atoms with E-state index >= 15 is 0 Å². The van der Waals surface area contributed by atoms with Crippen LogP contribution in [0.15, 0.2) is 66.7 Å². The molecule has 0 saturated heterocycles. The summed E-state index contributed by atoms with van der Waals surface area (Å²) in [5.41, 5.74) is 13.2. The first-order valence-electron chi connectivity index (χ1n) is 8.96. The number of phenols is 2. The highest BCUT2D eigenvalue weighted by Crippen LogP contribution is 2.33. The predicted octanol–water partition coefficient (Wildman–Crippen LogP) is 2.96. The minimum Gasteiger partial charge on any atom is -0.507 e. The van der Waals surface area contributed by atoms with Crippen LogP contribution in [-0.4, -0.2) is 31.1 Å². The third-order valence-corrected chi connectivity index (χ3v) is 4.50. The Morgan fingerprint density at radius 2 is 1.17 bits per heavy atom. The zero-order valence-electron chi connectivity index (χ0n) is 15.6. The van der Waals surface area contributed by atoms with Crippen molar-refractivity contribution in [1.29, 1.82) is 0 Å². The number of nitrogens with two attached hydrogens (primary N) is 2. The fourth-order valence-corrected chi connectivity index (χ4v) is 2.98. The van der Waals surface area contributed by atoms with Crippen molar-refractivity contribution >= 4 is 11.6 Å². The number of nitrogen functional groups attached to an aromatic ring is 1. The Labute approximate surface area is 171 Å². The van der Waals surface area contributed by atoms with Gasteiger partial charge in [0, 0.05) is 16.8 Å². The number of carbonyl (C=O) groups is 1. The van der Waals surface area contributed by atoms with Crippen molar-refractivity contribution in [2.45, 2.75) is 0 Å². The predicted molar refractivity (Wildman–Crippen MR) is 112 cm³/mol. The molecular weight excluding hydrogens is 382 g/mol. The Hall–Kier alpha value is -4.46. The van der Waals surface area contributed by atoms with Crippen molar-refractivity contribution in [3.05, 3.63) is 72.3 Å². The number of para-hydroxylation sites is 2. The van der Waals surface area contributed by atoms with E-state index < -0.39 is 5.91 Å². The number of anilines is 1. The van der Waals surface area contributed by atoms with Gasteiger partial charge in [0.25, 0.3) is 0 Å². The number of benzene rings is 3. The Bertz CT molecular complexity index is 1210. The van der Waals surface area contributed by atoms with Gasteiger partial charge in [0.05, 0.1) is 11.1 Å². The second-order valence-corrected chi connectivity index (χ2v) is 6.51. The second kappa shape index (κ2) is 7.51. The fourth-order valence-electron chi connectivity index (χ4n) is 2.98. The number of amides is 1. The topological polar surface area (TPSA) is 148 Å². The summed E-state index contributed by atoms with van der Waals surface area (Å²) >= 11 is 0. The quantitative estimate of drug-likeness (QED) is 0.385. The van der Waals surface area contributed by atoms with E-state index in [2.05, 4.69) is 15.0 Å². The molecule has 0 atom stereocenters. The summed E-state index contributed by atoms with van der Waals surface area (Å²) in [6.45, 7) is 0. The maximum atomic E-state index is 11.4. The first kappa shape index (κ1) is 18.9. The number of carbonyl (C=O) groups excluding carboxylic acids is 1. The Morgan fingerprint density at radius 1 is 0.700 bits per heavy atom. The van der Waals surface area contributed by atoms with Gasteiger partial charge in [-0.15, -0.1) is 0 Å². The van der Waals surface area contributed by atoms with Gasteiger partial charge in [0.1, 0.15) is 11.5 Å². The van der Waals surface area contributed by atoms with Crippen LogP contribution < -0.4 is 11.5 Å². The number of hydrogen-bond donors (Lipinski definition) is 4. The van der Waals surface area contributed by atoms with Crippen LogP contribution in [0.1, 0.15) is 10.4 Å². The normalized spacial score (nSPS) is 10.7. The van der Waals surface area contributed by atoms with Crippen molar-refractivity contribution < 1.29 is 15.0 Å². The van der Waals surface area contributed by atoms with E-state index in [1.807, 2.05) is 0 Å². The highest BCUT2D eigenvalue weighted by atomic mass is 16.3. The molecule has 0 fully saturated rings. The molecule has 8 nitrogen and oxygen atoms in total. The number of rotatable bonds is 4. The minimum atomic E-state index is -0.603. The van der Waals surface area contributed by atoms with Crippen molar-refractivity contribution in [1.82, 2.24) is 15.0 Å². The van der Waals surface area contributed by atoms with E-state index in [-0.39, 0.29) is 40.2 Å². The van der Waals surface area contributed by atoms with Gasteiger partial charge in [-0.2, -0.15) is 0 Å². The van der Waals surface area contributed by atoms with Gasteiger partial charge in [-0.3, -0.25) is 4.79 Å². The van der Waals surface area contributed by atoms with Crippen LogP contribution in [0.5, 0.6) is 11.5 Å². The van der Waals surface area contributed by atoms with Crippen molar-refractivity contribution in [3.8, 4) is 45.7 Å². The summed E-state index contributed by atoms with van der Waals surface area (Å²) in [4.78, 5) is 24.8. The van der Waals surface area contributed by atoms with E-state index in [1.165, 1.54) is 24.3 Å². The summed E-state index contributed by atoms with van der Waals surface area (Å²) < 4.78 is 0. The van der Waals surface area contributed by atoms with Gasteiger partial charge in [0.2, 0.25) is 5.91 Å². The van der Waals surface area contributed by atoms with E-state index in [0.29, 0.717) is 16.7 Å². The van der Waals surface area contributed by atoms with Crippen LogP contribution >= 0.6 is 0 Å². The van der Waals surface area contributed by atoms with Crippen LogP contribution in [0.25, 0.3) is 34.2 Å². The molecule has 4 rings (SSSR count). The molecule has 0 aliphatic heterocycles. The molecule has 0 unspecified atom stereocenters. The lowest BCUT2D eigenvalue weighted by Crippen LogP contribution is -2.11. The van der Waals surface area contributed by atoms with Crippen LogP contribution in [-0.2, 0) is 0 Å². The van der Waals surface area contributed by atoms with Crippen molar-refractivity contribution in [3.63, 3.8) is 0 Å². The highest BCUT2D eigenvalue weighted by molar-refractivity contribution is 5.95. The van der Waals surface area contributed by atoms with Gasteiger partial charge in [-0.1, -0.05) is 24.3 Å². The fraction of sp³-hybridized carbons (Fsp3) is 0. The molecule has 0 aliphatic rings. The molecule has 3 aromatic carbocycles. The molecule has 0 aliphatic carbocycles. The molecule has 0 saturated carbocycles. The van der Waals surface area contributed by atoms with Crippen LogP contribution in [0.3, 0.4) is 0 Å². The monoisotopic (exact) mass is 399 g/mol. The Kier molecular flexibility index (Phi) is 4.73. The molecule has 30 heavy (non-hydrogen) atoms. The SMILES string of the molecule is NC(=O)c1ccc(-c2nc(-c3ccccc3O)nc(-c3ccccc3O)n2)c(N)c1. The van der Waals surface area contributed by atoms with Crippen molar-refractivity contribution in [2.75, 3.05) is 5.73 Å². The highest BCUT2D eigenvalue weighted by Gasteiger charge is 2.17. The number of hydrogen-bond acceptors (Lipinski definition) is 7. The van der Waals surface area contributed by atoms with Gasteiger partial charge in [-0.05, 0) is 42.5 Å². The molecule has 1 heterocycles. The Balaban J connectivity index is 1.96. The number of aromatic hydroxyl groups is 2. The lowest BCUT2D eigenvalue weighted by atomic mass is 10.1. The summed E-state index contributed by atoms with van der Waals surface area (Å²) in [7, 11) is 0. The van der Waals surface area contributed by atoms with Gasteiger partial charge < -0.3 is 21.7 Å². The van der Waals surface area contributed by atoms with Gasteiger partial charge in [-0.25, -0.2) is 15.0 Å². The molecule has 1 aromatic heterocycles. The summed E-state index contributed by atoms with van der Waals surface area (Å²) in [6, 6.07) is 17.8. The molecule has 0 bridgehead atoms. The maximum Gasteiger partial charge on any atom is 0.248 e. The molecule has 1 amide bonds. The van der Waals surface area contributed by atoms with Crippen LogP contribution in [0.2, 0.25) is 0 Å². The van der Waals surface area contributed by atoms with Crippen molar-refractivity contribution in [2.24, 2.45) is 5.73 Å². The van der Waals surface area contributed by atoms with Gasteiger partial charge in [0.15, 0.2) is 17.5 Å². The lowest BCUT2D eigenvalue weighted by molar-refractivity contribution is 0.100. The molecule has 148 valence electrons. The first-order chi connectivity index (χ1) is 14.4. The number of aromatic nitrogens is 3. The summed E-state index contributed by atoms with van der Waals surface area (Å²) in [6.07, 6.45) is 0. The molecular formula is C22H17N5O3. The van der Waals surface area contributed by atoms with E-state index in [1.54, 1.807) is 42.5 Å². The van der Waals surface area contributed by atoms with Crippen LogP contribution in [0.4, 0.5) is 5.69 Å². The molecule has 0 radical (unpaired) electrons. The minimum absolute atomic E-state index is 0.00469. The average molecular weight is 399 g/mol. The smallest absolute Gasteiger partial charge is 0.248 e. The third-order valence-electron chi connectivity index (χ3n) is 4.50. The zero-order chi connectivity index (χ0) is 21.3. The Morgan fingerprint density at radius 3 is 1.60 bits per heavy atom. The number of nitrogens with zero attached hydrogens (tertiary/aromatic N) is 3. The standard InChI is InChI=1S/C22H17N5O3/c23-16-11-12(19(24)30)9-10-13(16)20-25-21(14-5-1-3-7-17(14)28)27-22(26-20)15-6-2-4-8-18(15)29/h1-11,28-29H,23H2,(H2,24,30). The van der Waals surface area contributed by atoms with E-state index in [0.717, 1.165) is 0 Å².